The Hall–Kier alpha value is -0.810. The van der Waals surface area contributed by atoms with Crippen LogP contribution in [-0.4, -0.2) is 41.0 Å². The number of amides is 2. The molecular weight excluding hydrogens is 184 g/mol. The SMILES string of the molecule is CCC(C)(C)NC(=O)N1CC(O)CO1. The van der Waals surface area contributed by atoms with Gasteiger partial charge in [-0.3, -0.25) is 4.84 Å². The largest absolute Gasteiger partial charge is 0.389 e. The van der Waals surface area contributed by atoms with Crippen LogP contribution in [-0.2, 0) is 4.84 Å². The van der Waals surface area contributed by atoms with Crippen molar-refractivity contribution in [2.75, 3.05) is 13.2 Å². The van der Waals surface area contributed by atoms with Crippen LogP contribution in [0.1, 0.15) is 27.2 Å². The number of hydrogen-bond acceptors (Lipinski definition) is 3. The molecule has 1 unspecified atom stereocenters. The molecule has 0 aromatic rings. The van der Waals surface area contributed by atoms with Gasteiger partial charge in [0.2, 0.25) is 0 Å². The predicted molar refractivity (Wildman–Crippen MR) is 51.6 cm³/mol. The summed E-state index contributed by atoms with van der Waals surface area (Å²) in [6.45, 7) is 6.32. The molecule has 0 aromatic heterocycles. The molecule has 0 aliphatic carbocycles. The average molecular weight is 202 g/mol. The smallest absolute Gasteiger partial charge is 0.341 e. The van der Waals surface area contributed by atoms with E-state index in [1.165, 1.54) is 5.06 Å². The maximum Gasteiger partial charge on any atom is 0.341 e. The van der Waals surface area contributed by atoms with E-state index in [-0.39, 0.29) is 24.7 Å². The van der Waals surface area contributed by atoms with E-state index in [1.54, 1.807) is 0 Å². The molecule has 1 saturated heterocycles. The summed E-state index contributed by atoms with van der Waals surface area (Å²) in [4.78, 5) is 16.5. The van der Waals surface area contributed by atoms with Crippen LogP contribution in [0.3, 0.4) is 0 Å². The first-order chi connectivity index (χ1) is 6.44. The van der Waals surface area contributed by atoms with Crippen LogP contribution < -0.4 is 5.32 Å². The predicted octanol–water partition coefficient (Wildman–Crippen LogP) is 0.493. The number of nitrogens with one attached hydrogen (secondary N) is 1. The first kappa shape index (κ1) is 11.3. The number of aliphatic hydroxyl groups excluding tert-OH is 1. The van der Waals surface area contributed by atoms with Crippen molar-refractivity contribution in [3.8, 4) is 0 Å². The highest BCUT2D eigenvalue weighted by Crippen LogP contribution is 2.10. The Morgan fingerprint density at radius 3 is 2.79 bits per heavy atom. The third kappa shape index (κ3) is 2.85. The lowest BCUT2D eigenvalue weighted by atomic mass is 10.0. The highest BCUT2D eigenvalue weighted by atomic mass is 16.7. The molecule has 5 heteroatoms. The second-order valence-corrected chi connectivity index (χ2v) is 4.18. The van der Waals surface area contributed by atoms with Gasteiger partial charge in [-0.2, -0.15) is 0 Å². The molecule has 1 rings (SSSR count). The molecule has 1 aliphatic rings. The van der Waals surface area contributed by atoms with Crippen LogP contribution in [0.4, 0.5) is 4.79 Å². The second kappa shape index (κ2) is 4.14. The number of hydroxylamine groups is 2. The quantitative estimate of drug-likeness (QED) is 0.685. The van der Waals surface area contributed by atoms with E-state index in [0.717, 1.165) is 6.42 Å². The van der Waals surface area contributed by atoms with E-state index in [1.807, 2.05) is 20.8 Å². The number of carbonyl (C=O) groups excluding carboxylic acids is 1. The van der Waals surface area contributed by atoms with Gasteiger partial charge in [-0.1, -0.05) is 6.92 Å². The lowest BCUT2D eigenvalue weighted by Crippen LogP contribution is -2.48. The van der Waals surface area contributed by atoms with E-state index >= 15 is 0 Å². The van der Waals surface area contributed by atoms with Crippen molar-refractivity contribution in [3.63, 3.8) is 0 Å². The number of hydrogen-bond donors (Lipinski definition) is 2. The fourth-order valence-corrected chi connectivity index (χ4v) is 1.05. The number of urea groups is 1. The molecule has 0 saturated carbocycles. The molecule has 1 atom stereocenters. The van der Waals surface area contributed by atoms with E-state index < -0.39 is 6.10 Å². The zero-order valence-electron chi connectivity index (χ0n) is 8.91. The lowest BCUT2D eigenvalue weighted by Gasteiger charge is -2.27. The first-order valence-electron chi connectivity index (χ1n) is 4.85. The monoisotopic (exact) mass is 202 g/mol. The summed E-state index contributed by atoms with van der Waals surface area (Å²) in [5.41, 5.74) is -0.242. The summed E-state index contributed by atoms with van der Waals surface area (Å²) < 4.78 is 0. The number of carbonyl (C=O) groups is 1. The molecule has 0 aromatic carbocycles. The molecule has 1 fully saturated rings. The standard InChI is InChI=1S/C9H18N2O3/c1-4-9(2,3)10-8(13)11-5-7(12)6-14-11/h7,12H,4-6H2,1-3H3,(H,10,13). The summed E-state index contributed by atoms with van der Waals surface area (Å²) in [6, 6.07) is -0.284. The summed E-state index contributed by atoms with van der Waals surface area (Å²) in [6.07, 6.45) is 0.278. The Morgan fingerprint density at radius 1 is 1.71 bits per heavy atom. The number of nitrogens with zero attached hydrogens (tertiary/aromatic N) is 1. The Balaban J connectivity index is 2.43. The Kier molecular flexibility index (Phi) is 3.34. The van der Waals surface area contributed by atoms with Gasteiger partial charge in [0.1, 0.15) is 12.7 Å². The summed E-state index contributed by atoms with van der Waals surface area (Å²) in [7, 11) is 0. The second-order valence-electron chi connectivity index (χ2n) is 4.18. The Bertz CT molecular complexity index is 218. The van der Waals surface area contributed by atoms with Crippen molar-refractivity contribution in [1.29, 1.82) is 0 Å². The van der Waals surface area contributed by atoms with Crippen LogP contribution in [0, 0.1) is 0 Å². The number of aliphatic hydroxyl groups is 1. The van der Waals surface area contributed by atoms with Gasteiger partial charge in [0.15, 0.2) is 0 Å². The Labute approximate surface area is 84.0 Å². The molecule has 2 N–H and O–H groups in total. The van der Waals surface area contributed by atoms with Gasteiger partial charge in [0.25, 0.3) is 0 Å². The van der Waals surface area contributed by atoms with Crippen LogP contribution in [0.2, 0.25) is 0 Å². The van der Waals surface area contributed by atoms with Gasteiger partial charge in [0.05, 0.1) is 6.54 Å². The maximum absolute atomic E-state index is 11.5. The molecule has 1 aliphatic heterocycles. The minimum Gasteiger partial charge on any atom is -0.389 e. The van der Waals surface area contributed by atoms with Crippen molar-refractivity contribution >= 4 is 6.03 Å². The van der Waals surface area contributed by atoms with Crippen LogP contribution >= 0.6 is 0 Å². The highest BCUT2D eigenvalue weighted by molar-refractivity contribution is 5.74. The van der Waals surface area contributed by atoms with Gasteiger partial charge in [-0.25, -0.2) is 9.86 Å². The fourth-order valence-electron chi connectivity index (χ4n) is 1.05. The topological polar surface area (TPSA) is 61.8 Å². The zero-order chi connectivity index (χ0) is 10.8. The average Bonchev–Trinajstić information content (AvgIpc) is 2.51. The summed E-state index contributed by atoms with van der Waals surface area (Å²) in [5, 5.41) is 13.1. The third-order valence-electron chi connectivity index (χ3n) is 2.36. The molecule has 14 heavy (non-hydrogen) atoms. The van der Waals surface area contributed by atoms with Crippen molar-refractivity contribution in [2.24, 2.45) is 0 Å². The normalized spacial score (nSPS) is 22.6. The van der Waals surface area contributed by atoms with Crippen molar-refractivity contribution < 1.29 is 14.7 Å². The minimum atomic E-state index is -0.564. The molecule has 0 spiro atoms. The number of β-amino-alcohol motifs (C(OH)–C–C–N with tert-alkyl or cyclic N) is 1. The zero-order valence-corrected chi connectivity index (χ0v) is 8.91. The fraction of sp³-hybridized carbons (Fsp3) is 0.889. The van der Waals surface area contributed by atoms with Crippen LogP contribution in [0.25, 0.3) is 0 Å². The molecule has 0 radical (unpaired) electrons. The van der Waals surface area contributed by atoms with E-state index in [0.29, 0.717) is 0 Å². The molecule has 1 heterocycles. The molecule has 0 bridgehead atoms. The van der Waals surface area contributed by atoms with Gasteiger partial charge >= 0.3 is 6.03 Å². The minimum absolute atomic E-state index is 0.194. The van der Waals surface area contributed by atoms with Gasteiger partial charge < -0.3 is 10.4 Å². The maximum atomic E-state index is 11.5. The van der Waals surface area contributed by atoms with Crippen LogP contribution in [0.15, 0.2) is 0 Å². The summed E-state index contributed by atoms with van der Waals surface area (Å²) >= 11 is 0. The van der Waals surface area contributed by atoms with Crippen LogP contribution in [0.5, 0.6) is 0 Å². The molecule has 82 valence electrons. The van der Waals surface area contributed by atoms with E-state index in [9.17, 15) is 4.79 Å². The van der Waals surface area contributed by atoms with E-state index in [2.05, 4.69) is 5.32 Å². The Morgan fingerprint density at radius 2 is 2.36 bits per heavy atom. The van der Waals surface area contributed by atoms with Crippen molar-refractivity contribution in [2.45, 2.75) is 38.8 Å². The number of rotatable bonds is 2. The summed E-state index contributed by atoms with van der Waals surface area (Å²) in [5.74, 6) is 0. The van der Waals surface area contributed by atoms with Gasteiger partial charge in [-0.05, 0) is 20.3 Å². The highest BCUT2D eigenvalue weighted by Gasteiger charge is 2.29. The van der Waals surface area contributed by atoms with Gasteiger partial charge in [-0.15, -0.1) is 0 Å². The third-order valence-corrected chi connectivity index (χ3v) is 2.36. The molecule has 2 amide bonds. The van der Waals surface area contributed by atoms with Crippen molar-refractivity contribution in [1.82, 2.24) is 10.4 Å². The first-order valence-corrected chi connectivity index (χ1v) is 4.85. The van der Waals surface area contributed by atoms with Gasteiger partial charge in [0, 0.05) is 5.54 Å². The molecule has 5 nitrogen and oxygen atoms in total. The lowest BCUT2D eigenvalue weighted by molar-refractivity contribution is -0.0696. The van der Waals surface area contributed by atoms with Crippen molar-refractivity contribution in [3.05, 3.63) is 0 Å². The van der Waals surface area contributed by atoms with E-state index in [4.69, 9.17) is 9.94 Å². The molecular formula is C9H18N2O3.